The van der Waals surface area contributed by atoms with Crippen LogP contribution >= 0.6 is 31.9 Å². The van der Waals surface area contributed by atoms with Crippen LogP contribution in [0.5, 0.6) is 5.75 Å². The highest BCUT2D eigenvalue weighted by Crippen LogP contribution is 2.37. The number of nitrogens with zero attached hydrogens (tertiary/aromatic N) is 2. The number of hydrogen-bond acceptors (Lipinski definition) is 3. The van der Waals surface area contributed by atoms with Crippen molar-refractivity contribution in [2.75, 3.05) is 19.7 Å². The second-order valence-corrected chi connectivity index (χ2v) is 9.03. The Kier molecular flexibility index (Phi) is 5.33. The van der Waals surface area contributed by atoms with Crippen LogP contribution in [0.4, 0.5) is 0 Å². The highest BCUT2D eigenvalue weighted by molar-refractivity contribution is 9.11. The molecule has 1 aliphatic rings. The van der Waals surface area contributed by atoms with Crippen LogP contribution < -0.4 is 10.1 Å². The van der Waals surface area contributed by atoms with Crippen molar-refractivity contribution < 1.29 is 4.74 Å². The summed E-state index contributed by atoms with van der Waals surface area (Å²) in [7, 11) is 0. The van der Waals surface area contributed by atoms with Gasteiger partial charge in [0, 0.05) is 22.3 Å². The number of halogens is 2. The van der Waals surface area contributed by atoms with Crippen LogP contribution in [0, 0.1) is 0 Å². The van der Waals surface area contributed by atoms with Gasteiger partial charge in [-0.3, -0.25) is 4.98 Å². The molecule has 0 aliphatic carbocycles. The minimum absolute atomic E-state index is 0.581. The first-order valence-corrected chi connectivity index (χ1v) is 11.5. The van der Waals surface area contributed by atoms with Gasteiger partial charge in [0.15, 0.2) is 5.75 Å². The van der Waals surface area contributed by atoms with E-state index in [0.29, 0.717) is 6.61 Å². The summed E-state index contributed by atoms with van der Waals surface area (Å²) in [5.74, 6) is 0.795. The zero-order valence-electron chi connectivity index (χ0n) is 15.9. The van der Waals surface area contributed by atoms with E-state index in [1.165, 1.54) is 22.0 Å². The van der Waals surface area contributed by atoms with E-state index in [0.717, 1.165) is 58.1 Å². The number of ether oxygens (including phenoxy) is 1. The third-order valence-electron chi connectivity index (χ3n) is 5.58. The lowest BCUT2D eigenvalue weighted by atomic mass is 10.00. The highest BCUT2D eigenvalue weighted by Gasteiger charge is 2.15. The lowest BCUT2D eigenvalue weighted by Crippen LogP contribution is -2.16. The maximum absolute atomic E-state index is 6.23. The van der Waals surface area contributed by atoms with Crippen LogP contribution in [0.25, 0.3) is 21.8 Å². The summed E-state index contributed by atoms with van der Waals surface area (Å²) in [6, 6.07) is 12.8. The molecule has 0 amide bonds. The Hall–Kier alpha value is -1.89. The van der Waals surface area contributed by atoms with Gasteiger partial charge in [-0.25, -0.2) is 0 Å². The summed E-state index contributed by atoms with van der Waals surface area (Å²) in [6.07, 6.45) is 6.15. The first-order chi connectivity index (χ1) is 14.2. The van der Waals surface area contributed by atoms with Gasteiger partial charge in [0.05, 0.1) is 16.5 Å². The molecule has 0 saturated carbocycles. The first kappa shape index (κ1) is 19.1. The molecule has 0 radical (unpaired) electrons. The molecular formula is C23H21Br2N3O. The summed E-state index contributed by atoms with van der Waals surface area (Å²) < 4.78 is 10.5. The first-order valence-electron chi connectivity index (χ1n) is 9.88. The van der Waals surface area contributed by atoms with E-state index in [2.05, 4.69) is 77.2 Å². The number of aromatic nitrogens is 2. The van der Waals surface area contributed by atoms with Gasteiger partial charge >= 0.3 is 0 Å². The maximum Gasteiger partial charge on any atom is 0.159 e. The van der Waals surface area contributed by atoms with Gasteiger partial charge in [0.1, 0.15) is 12.1 Å². The van der Waals surface area contributed by atoms with Crippen molar-refractivity contribution in [2.24, 2.45) is 0 Å². The molecule has 2 aromatic heterocycles. The van der Waals surface area contributed by atoms with E-state index in [4.69, 9.17) is 4.74 Å². The lowest BCUT2D eigenvalue weighted by molar-refractivity contribution is 0.301. The molecule has 0 unspecified atom stereocenters. The molecule has 2 aromatic carbocycles. The minimum atomic E-state index is 0.581. The van der Waals surface area contributed by atoms with Crippen LogP contribution in [0.2, 0.25) is 0 Å². The fourth-order valence-corrected chi connectivity index (χ4v) is 5.59. The molecule has 0 fully saturated rings. The van der Waals surface area contributed by atoms with E-state index >= 15 is 0 Å². The molecule has 1 N–H and O–H groups in total. The molecule has 29 heavy (non-hydrogen) atoms. The second kappa shape index (κ2) is 8.09. The summed E-state index contributed by atoms with van der Waals surface area (Å²) in [4.78, 5) is 4.54. The van der Waals surface area contributed by atoms with Crippen molar-refractivity contribution in [3.63, 3.8) is 0 Å². The zero-order valence-corrected chi connectivity index (χ0v) is 19.1. The number of hydrogen-bond donors (Lipinski definition) is 1. The molecule has 5 rings (SSSR count). The van der Waals surface area contributed by atoms with Gasteiger partial charge in [-0.1, -0.05) is 34.1 Å². The average Bonchev–Trinajstić information content (AvgIpc) is 2.99. The minimum Gasteiger partial charge on any atom is -0.488 e. The number of pyridine rings is 1. The predicted molar refractivity (Wildman–Crippen MR) is 125 cm³/mol. The smallest absolute Gasteiger partial charge is 0.159 e. The molecule has 0 saturated heterocycles. The van der Waals surface area contributed by atoms with Crippen molar-refractivity contribution in [1.82, 2.24) is 14.9 Å². The predicted octanol–water partition coefficient (Wildman–Crippen LogP) is 5.48. The van der Waals surface area contributed by atoms with E-state index in [-0.39, 0.29) is 0 Å². The van der Waals surface area contributed by atoms with Gasteiger partial charge in [-0.05, 0) is 76.6 Å². The van der Waals surface area contributed by atoms with Gasteiger partial charge in [0.25, 0.3) is 0 Å². The molecule has 4 aromatic rings. The SMILES string of the molecule is Brc1cc(Br)c2cccnc2c1OCCn1ccc2ccc3c(c21)CCNCC3. The fourth-order valence-electron chi connectivity index (χ4n) is 4.21. The van der Waals surface area contributed by atoms with Gasteiger partial charge in [0.2, 0.25) is 0 Å². The van der Waals surface area contributed by atoms with Crippen LogP contribution in [0.1, 0.15) is 11.1 Å². The quantitative estimate of drug-likeness (QED) is 0.392. The molecule has 3 heterocycles. The second-order valence-electron chi connectivity index (χ2n) is 7.32. The summed E-state index contributed by atoms with van der Waals surface area (Å²) in [5, 5.41) is 5.87. The Morgan fingerprint density at radius 1 is 1.07 bits per heavy atom. The molecule has 4 nitrogen and oxygen atoms in total. The summed E-state index contributed by atoms with van der Waals surface area (Å²) in [6.45, 7) is 3.47. The van der Waals surface area contributed by atoms with Crippen molar-refractivity contribution in [3.05, 3.63) is 68.9 Å². The number of rotatable bonds is 4. The number of fused-ring (bicyclic) bond motifs is 4. The Bertz CT molecular complexity index is 1200. The van der Waals surface area contributed by atoms with Crippen LogP contribution in [-0.4, -0.2) is 29.2 Å². The Balaban J connectivity index is 1.43. The van der Waals surface area contributed by atoms with Crippen LogP contribution in [-0.2, 0) is 19.4 Å². The van der Waals surface area contributed by atoms with Crippen molar-refractivity contribution in [3.8, 4) is 5.75 Å². The Labute approximate surface area is 186 Å². The van der Waals surface area contributed by atoms with Gasteiger partial charge < -0.3 is 14.6 Å². The van der Waals surface area contributed by atoms with E-state index in [9.17, 15) is 0 Å². The van der Waals surface area contributed by atoms with Crippen LogP contribution in [0.15, 0.2) is 57.7 Å². The van der Waals surface area contributed by atoms with Gasteiger partial charge in [-0.2, -0.15) is 0 Å². The van der Waals surface area contributed by atoms with Gasteiger partial charge in [-0.15, -0.1) is 0 Å². The molecular weight excluding hydrogens is 494 g/mol. The van der Waals surface area contributed by atoms with Crippen molar-refractivity contribution >= 4 is 53.7 Å². The normalized spacial score (nSPS) is 14.1. The van der Waals surface area contributed by atoms with E-state index in [1.54, 1.807) is 6.20 Å². The topological polar surface area (TPSA) is 39.1 Å². The molecule has 148 valence electrons. The fraction of sp³-hybridized carbons (Fsp3) is 0.261. The van der Waals surface area contributed by atoms with Crippen molar-refractivity contribution in [2.45, 2.75) is 19.4 Å². The summed E-state index contributed by atoms with van der Waals surface area (Å²) >= 11 is 7.25. The van der Waals surface area contributed by atoms with Crippen LogP contribution in [0.3, 0.4) is 0 Å². The lowest BCUT2D eigenvalue weighted by Gasteiger charge is -2.15. The molecule has 6 heteroatoms. The zero-order chi connectivity index (χ0) is 19.8. The third-order valence-corrected chi connectivity index (χ3v) is 6.83. The Morgan fingerprint density at radius 2 is 1.97 bits per heavy atom. The molecule has 0 bridgehead atoms. The largest absolute Gasteiger partial charge is 0.488 e. The highest BCUT2D eigenvalue weighted by atomic mass is 79.9. The maximum atomic E-state index is 6.23. The monoisotopic (exact) mass is 513 g/mol. The van der Waals surface area contributed by atoms with E-state index < -0.39 is 0 Å². The summed E-state index contributed by atoms with van der Waals surface area (Å²) in [5.41, 5.74) is 5.17. The molecule has 1 aliphatic heterocycles. The molecule has 0 atom stereocenters. The third kappa shape index (κ3) is 3.58. The number of nitrogens with one attached hydrogen (secondary N) is 1. The number of benzene rings is 2. The average molecular weight is 515 g/mol. The van der Waals surface area contributed by atoms with E-state index in [1.807, 2.05) is 12.1 Å². The Morgan fingerprint density at radius 3 is 2.90 bits per heavy atom. The standard InChI is InChI=1S/C23H21Br2N3O/c24-19-14-20(25)23(21-18(19)2-1-8-27-21)29-13-12-28-11-7-16-4-3-15-5-9-26-10-6-17(15)22(16)28/h1-4,7-8,11,14,26H,5-6,9-10,12-13H2. The molecule has 0 spiro atoms. The van der Waals surface area contributed by atoms with Crippen molar-refractivity contribution in [1.29, 1.82) is 0 Å².